The topological polar surface area (TPSA) is 85.0 Å². The highest BCUT2D eigenvalue weighted by molar-refractivity contribution is 6.45. The van der Waals surface area contributed by atoms with Gasteiger partial charge < -0.3 is 15.0 Å². The van der Waals surface area contributed by atoms with Crippen molar-refractivity contribution in [3.8, 4) is 11.1 Å². The summed E-state index contributed by atoms with van der Waals surface area (Å²) in [6, 6.07) is 1.82. The second kappa shape index (κ2) is 5.81. The summed E-state index contributed by atoms with van der Waals surface area (Å²) in [5, 5.41) is 17.8. The number of aromatic amines is 2. The molecule has 0 spiro atoms. The monoisotopic (exact) mass is 364 g/mol. The summed E-state index contributed by atoms with van der Waals surface area (Å²) < 4.78 is 0. The van der Waals surface area contributed by atoms with E-state index < -0.39 is 6.61 Å². The summed E-state index contributed by atoms with van der Waals surface area (Å²) >= 11 is 12.7. The van der Waals surface area contributed by atoms with Gasteiger partial charge in [0, 0.05) is 47.9 Å². The lowest BCUT2D eigenvalue weighted by atomic mass is 9.98. The smallest absolute Gasteiger partial charge is 0.248 e. The molecule has 3 heterocycles. The molecule has 8 heteroatoms. The molecule has 0 aliphatic carbocycles. The number of rotatable bonds is 2. The molecule has 0 atom stereocenters. The number of aromatic nitrogens is 3. The van der Waals surface area contributed by atoms with Crippen molar-refractivity contribution in [1.82, 2.24) is 20.1 Å². The van der Waals surface area contributed by atoms with E-state index in [-0.39, 0.29) is 5.91 Å². The number of aliphatic hydroxyl groups is 1. The van der Waals surface area contributed by atoms with Crippen molar-refractivity contribution >= 4 is 40.0 Å². The molecule has 1 aliphatic heterocycles. The molecule has 0 saturated heterocycles. The van der Waals surface area contributed by atoms with Gasteiger partial charge in [0.25, 0.3) is 0 Å². The molecule has 6 nitrogen and oxygen atoms in total. The van der Waals surface area contributed by atoms with Gasteiger partial charge in [0.05, 0.1) is 21.8 Å². The number of halogens is 2. The minimum Gasteiger partial charge on any atom is -0.387 e. The van der Waals surface area contributed by atoms with Gasteiger partial charge in [-0.15, -0.1) is 0 Å². The van der Waals surface area contributed by atoms with Gasteiger partial charge in [-0.1, -0.05) is 23.2 Å². The number of hydrogen-bond acceptors (Lipinski definition) is 3. The molecule has 0 bridgehead atoms. The van der Waals surface area contributed by atoms with Crippen molar-refractivity contribution in [3.05, 3.63) is 39.8 Å². The number of H-pyrrole nitrogens is 2. The fraction of sp³-hybridized carbons (Fsp3) is 0.250. The molecule has 4 rings (SSSR count). The van der Waals surface area contributed by atoms with Crippen LogP contribution in [0.15, 0.2) is 18.5 Å². The maximum atomic E-state index is 11.9. The zero-order chi connectivity index (χ0) is 16.8. The van der Waals surface area contributed by atoms with E-state index in [1.54, 1.807) is 17.3 Å². The Morgan fingerprint density at radius 2 is 2.25 bits per heavy atom. The third-order valence-corrected chi connectivity index (χ3v) is 5.23. The second-order valence-electron chi connectivity index (χ2n) is 5.76. The quantitative estimate of drug-likeness (QED) is 0.653. The van der Waals surface area contributed by atoms with E-state index in [2.05, 4.69) is 15.2 Å². The summed E-state index contributed by atoms with van der Waals surface area (Å²) in [6.45, 7) is 0.502. The maximum Gasteiger partial charge on any atom is 0.248 e. The van der Waals surface area contributed by atoms with Crippen LogP contribution in [0.5, 0.6) is 0 Å². The highest BCUT2D eigenvalue weighted by Gasteiger charge is 2.27. The van der Waals surface area contributed by atoms with Crippen molar-refractivity contribution in [1.29, 1.82) is 0 Å². The Bertz CT molecular complexity index is 934. The van der Waals surface area contributed by atoms with E-state index in [0.717, 1.165) is 33.3 Å². The molecular weight excluding hydrogens is 351 g/mol. The van der Waals surface area contributed by atoms with Crippen LogP contribution in [0.25, 0.3) is 22.0 Å². The van der Waals surface area contributed by atoms with Crippen LogP contribution in [0, 0.1) is 0 Å². The summed E-state index contributed by atoms with van der Waals surface area (Å²) in [6.07, 6.45) is 4.18. The summed E-state index contributed by atoms with van der Waals surface area (Å²) in [5.41, 5.74) is 4.62. The maximum absolute atomic E-state index is 11.9. The highest BCUT2D eigenvalue weighted by Crippen LogP contribution is 2.42. The predicted molar refractivity (Wildman–Crippen MR) is 92.1 cm³/mol. The van der Waals surface area contributed by atoms with Gasteiger partial charge in [-0.05, 0) is 11.6 Å². The summed E-state index contributed by atoms with van der Waals surface area (Å²) in [7, 11) is 0. The van der Waals surface area contributed by atoms with Crippen molar-refractivity contribution < 1.29 is 9.90 Å². The van der Waals surface area contributed by atoms with E-state index in [1.165, 1.54) is 0 Å². The first-order valence-corrected chi connectivity index (χ1v) is 8.25. The Morgan fingerprint density at radius 3 is 2.96 bits per heavy atom. The van der Waals surface area contributed by atoms with Crippen LogP contribution in [-0.2, 0) is 17.8 Å². The SMILES string of the molecule is O=C(CO)N1CCc2[nH]c3c(Cl)c(Cl)cc(-c4cn[nH]c4)c3c2C1. The number of hydrogen-bond donors (Lipinski definition) is 3. The van der Waals surface area contributed by atoms with Gasteiger partial charge in [0.2, 0.25) is 5.91 Å². The van der Waals surface area contributed by atoms with Gasteiger partial charge in [-0.25, -0.2) is 0 Å². The third kappa shape index (κ3) is 2.30. The first-order chi connectivity index (χ1) is 11.6. The van der Waals surface area contributed by atoms with Crippen LogP contribution in [0.3, 0.4) is 0 Å². The van der Waals surface area contributed by atoms with Crippen LogP contribution >= 0.6 is 23.2 Å². The molecule has 2 aromatic heterocycles. The number of carbonyl (C=O) groups excluding carboxylic acids is 1. The minimum absolute atomic E-state index is 0.278. The summed E-state index contributed by atoms with van der Waals surface area (Å²) in [4.78, 5) is 16.9. The third-order valence-electron chi connectivity index (χ3n) is 4.44. The molecule has 0 radical (unpaired) electrons. The Morgan fingerprint density at radius 1 is 1.42 bits per heavy atom. The largest absolute Gasteiger partial charge is 0.387 e. The van der Waals surface area contributed by atoms with Crippen molar-refractivity contribution in [2.45, 2.75) is 13.0 Å². The zero-order valence-corrected chi connectivity index (χ0v) is 14.1. The molecular formula is C16H14Cl2N4O2. The average Bonchev–Trinajstić information content (AvgIpc) is 3.24. The number of fused-ring (bicyclic) bond motifs is 3. The van der Waals surface area contributed by atoms with Gasteiger partial charge >= 0.3 is 0 Å². The van der Waals surface area contributed by atoms with E-state index in [9.17, 15) is 4.79 Å². The van der Waals surface area contributed by atoms with Gasteiger partial charge in [0.1, 0.15) is 6.61 Å². The number of benzene rings is 1. The predicted octanol–water partition coefficient (Wildman–Crippen LogP) is 2.74. The number of nitrogens with one attached hydrogen (secondary N) is 2. The second-order valence-corrected chi connectivity index (χ2v) is 6.55. The molecule has 1 aliphatic rings. The van der Waals surface area contributed by atoms with E-state index in [1.807, 2.05) is 6.07 Å². The van der Waals surface area contributed by atoms with Crippen LogP contribution in [-0.4, -0.2) is 44.2 Å². The number of carbonyl (C=O) groups is 1. The molecule has 1 amide bonds. The zero-order valence-electron chi connectivity index (χ0n) is 12.6. The number of nitrogens with zero attached hydrogens (tertiary/aromatic N) is 2. The van der Waals surface area contributed by atoms with Crippen LogP contribution in [0.2, 0.25) is 10.0 Å². The van der Waals surface area contributed by atoms with Gasteiger partial charge in [-0.2, -0.15) is 5.10 Å². The standard InChI is InChI=1S/C16H14Cl2N4O2/c17-11-3-9(8-4-19-20-5-8)14-10-6-22(13(24)7-23)2-1-12(10)21-16(14)15(11)18/h3-5,21,23H,1-2,6-7H2,(H,19,20). The van der Waals surface area contributed by atoms with Gasteiger partial charge in [-0.3, -0.25) is 9.89 Å². The Kier molecular flexibility index (Phi) is 3.75. The molecule has 3 aromatic rings. The normalized spacial score (nSPS) is 14.2. The molecule has 0 fully saturated rings. The minimum atomic E-state index is -0.487. The lowest BCUT2D eigenvalue weighted by Crippen LogP contribution is -2.37. The van der Waals surface area contributed by atoms with Crippen LogP contribution in [0.1, 0.15) is 11.3 Å². The Balaban J connectivity index is 1.96. The lowest BCUT2D eigenvalue weighted by Gasteiger charge is -2.26. The summed E-state index contributed by atoms with van der Waals surface area (Å²) in [5.74, 6) is -0.278. The Hall–Kier alpha value is -2.02. The first kappa shape index (κ1) is 15.5. The van der Waals surface area contributed by atoms with Gasteiger partial charge in [0.15, 0.2) is 0 Å². The van der Waals surface area contributed by atoms with Crippen LogP contribution in [0.4, 0.5) is 0 Å². The molecule has 24 heavy (non-hydrogen) atoms. The molecule has 1 aromatic carbocycles. The number of amides is 1. The van der Waals surface area contributed by atoms with Crippen LogP contribution < -0.4 is 0 Å². The highest BCUT2D eigenvalue weighted by atomic mass is 35.5. The molecule has 124 valence electrons. The molecule has 0 unspecified atom stereocenters. The van der Waals surface area contributed by atoms with Crippen molar-refractivity contribution in [3.63, 3.8) is 0 Å². The number of aliphatic hydroxyl groups excluding tert-OH is 1. The van der Waals surface area contributed by atoms with Crippen molar-refractivity contribution in [2.24, 2.45) is 0 Å². The lowest BCUT2D eigenvalue weighted by molar-refractivity contribution is -0.135. The average molecular weight is 365 g/mol. The first-order valence-electron chi connectivity index (χ1n) is 7.49. The van der Waals surface area contributed by atoms with Crippen molar-refractivity contribution in [2.75, 3.05) is 13.2 Å². The van der Waals surface area contributed by atoms with E-state index in [4.69, 9.17) is 28.3 Å². The fourth-order valence-corrected chi connectivity index (χ4v) is 3.68. The van der Waals surface area contributed by atoms with E-state index in [0.29, 0.717) is 29.6 Å². The fourth-order valence-electron chi connectivity index (χ4n) is 3.28. The Labute approximate surface area is 147 Å². The van der Waals surface area contributed by atoms with E-state index >= 15 is 0 Å². The molecule has 3 N–H and O–H groups in total. The molecule has 0 saturated carbocycles.